The largest absolute Gasteiger partial charge is 0.328 e. The van der Waals surface area contributed by atoms with Crippen LogP contribution in [0.4, 0.5) is 5.69 Å². The number of anilines is 1. The van der Waals surface area contributed by atoms with Crippen LogP contribution in [0.5, 0.6) is 0 Å². The molecular weight excluding hydrogens is 446 g/mol. The van der Waals surface area contributed by atoms with Gasteiger partial charge in [-0.15, -0.1) is 0 Å². The lowest BCUT2D eigenvalue weighted by atomic mass is 10.2. The summed E-state index contributed by atoms with van der Waals surface area (Å²) in [7, 11) is 0. The molecule has 1 amide bonds. The minimum atomic E-state index is -1.48. The van der Waals surface area contributed by atoms with Gasteiger partial charge in [0, 0.05) is 10.6 Å². The lowest BCUT2D eigenvalue weighted by molar-refractivity contribution is 0.0935. The number of nitrogens with one attached hydrogen (secondary N) is 3. The lowest BCUT2D eigenvalue weighted by Crippen LogP contribution is -2.45. The summed E-state index contributed by atoms with van der Waals surface area (Å²) in [6.45, 7) is 1.46. The quantitative estimate of drug-likeness (QED) is 0.155. The number of aliphatic imine (C=N–C) groups is 1. The first-order valence-electron chi connectivity index (χ1n) is 7.75. The van der Waals surface area contributed by atoms with E-state index in [0.29, 0.717) is 21.4 Å². The zero-order valence-corrected chi connectivity index (χ0v) is 17.4. The molecule has 0 aliphatic rings. The second-order valence-electron chi connectivity index (χ2n) is 5.55. The number of aromatic nitrogens is 1. The molecule has 7 nitrogen and oxygen atoms in total. The highest BCUT2D eigenvalue weighted by molar-refractivity contribution is 6.48. The van der Waals surface area contributed by atoms with E-state index in [1.165, 1.54) is 13.1 Å². The van der Waals surface area contributed by atoms with Gasteiger partial charge in [0.05, 0.1) is 11.9 Å². The van der Waals surface area contributed by atoms with E-state index >= 15 is 0 Å². The van der Waals surface area contributed by atoms with Crippen molar-refractivity contribution in [3.63, 3.8) is 0 Å². The number of nitrogens with zero attached hydrogens (tertiary/aromatic N) is 3. The van der Waals surface area contributed by atoms with Crippen molar-refractivity contribution in [1.29, 1.82) is 5.26 Å². The fourth-order valence-corrected chi connectivity index (χ4v) is 2.39. The molecule has 0 aliphatic carbocycles. The maximum Gasteiger partial charge on any atom is 0.253 e. The average Bonchev–Trinajstić information content (AvgIpc) is 2.63. The molecule has 0 aliphatic heterocycles. The predicted molar refractivity (Wildman–Crippen MR) is 112 cm³/mol. The molecule has 3 N–H and O–H groups in total. The molecule has 1 atom stereocenters. The Hall–Kier alpha value is -2.24. The smallest absolute Gasteiger partial charge is 0.253 e. The molecule has 1 aromatic carbocycles. The molecule has 0 radical (unpaired) electrons. The topological polar surface area (TPSA) is 102 Å². The Kier molecular flexibility index (Phi) is 7.72. The molecule has 11 heteroatoms. The third kappa shape index (κ3) is 6.73. The van der Waals surface area contributed by atoms with Crippen LogP contribution in [0.15, 0.2) is 47.6 Å². The third-order valence-corrected chi connectivity index (χ3v) is 4.17. The van der Waals surface area contributed by atoms with E-state index in [4.69, 9.17) is 51.7 Å². The number of rotatable bonds is 5. The maximum absolute atomic E-state index is 12.5. The van der Waals surface area contributed by atoms with Crippen molar-refractivity contribution in [2.45, 2.75) is 17.4 Å². The molecule has 2 aromatic rings. The number of pyridine rings is 1. The molecule has 146 valence electrons. The van der Waals surface area contributed by atoms with Gasteiger partial charge in [-0.1, -0.05) is 46.4 Å². The fraction of sp³-hybridized carbons (Fsp3) is 0.176. The highest BCUT2D eigenvalue weighted by atomic mass is 35.5. The number of halogens is 4. The molecule has 1 heterocycles. The molecule has 0 bridgehead atoms. The van der Waals surface area contributed by atoms with Crippen LogP contribution in [0.25, 0.3) is 0 Å². The Labute approximate surface area is 181 Å². The lowest BCUT2D eigenvalue weighted by Gasteiger charge is -2.25. The van der Waals surface area contributed by atoms with Gasteiger partial charge in [-0.05, 0) is 43.3 Å². The molecule has 0 fully saturated rings. The van der Waals surface area contributed by atoms with Crippen LogP contribution < -0.4 is 16.0 Å². The van der Waals surface area contributed by atoms with Crippen LogP contribution in [0.1, 0.15) is 17.3 Å². The summed E-state index contributed by atoms with van der Waals surface area (Å²) < 4.78 is -1.48. The minimum absolute atomic E-state index is 0.000513. The molecule has 0 saturated carbocycles. The van der Waals surface area contributed by atoms with Gasteiger partial charge in [0.2, 0.25) is 5.96 Å². The molecule has 1 aromatic heterocycles. The number of carbonyl (C=O) groups is 1. The zero-order chi connectivity index (χ0) is 20.7. The summed E-state index contributed by atoms with van der Waals surface area (Å²) >= 11 is 23.9. The number of carbonyl (C=O) groups excluding carboxylic acids is 1. The highest BCUT2D eigenvalue weighted by Crippen LogP contribution is 2.26. The maximum atomic E-state index is 12.5. The standard InChI is InChI=1S/C17H14Cl4N6O/c1-17(20,21)15(26-14(28)10-2-4-11(18)5-3-10)27-16(24-9-22)25-12-6-7-13(19)23-8-12/h2-8,15H,1H3,(H,26,28)(H2,24,25,27)/t15-/m1/s1. The SMILES string of the molecule is CC(Cl)(Cl)[C@@H](/N=C(\NC#N)Nc1ccc(Cl)nc1)NC(=O)c1ccc(Cl)cc1. The van der Waals surface area contributed by atoms with Crippen molar-refractivity contribution in [3.8, 4) is 6.19 Å². The molecule has 0 spiro atoms. The van der Waals surface area contributed by atoms with E-state index in [9.17, 15) is 4.79 Å². The first kappa shape index (κ1) is 22.1. The van der Waals surface area contributed by atoms with Crippen LogP contribution in [0.2, 0.25) is 10.2 Å². The molecule has 28 heavy (non-hydrogen) atoms. The van der Waals surface area contributed by atoms with Gasteiger partial charge in [-0.3, -0.25) is 10.1 Å². The van der Waals surface area contributed by atoms with E-state index in [0.717, 1.165) is 0 Å². The van der Waals surface area contributed by atoms with Gasteiger partial charge in [0.1, 0.15) is 5.15 Å². The van der Waals surface area contributed by atoms with Crippen LogP contribution >= 0.6 is 46.4 Å². The predicted octanol–water partition coefficient (Wildman–Crippen LogP) is 4.18. The van der Waals surface area contributed by atoms with Gasteiger partial charge in [0.25, 0.3) is 5.91 Å². The van der Waals surface area contributed by atoms with Gasteiger partial charge in [0.15, 0.2) is 16.7 Å². The Morgan fingerprint density at radius 1 is 1.21 bits per heavy atom. The summed E-state index contributed by atoms with van der Waals surface area (Å²) in [5.74, 6) is -0.469. The molecular formula is C17H14Cl4N6O. The Bertz CT molecular complexity index is 888. The van der Waals surface area contributed by atoms with Gasteiger partial charge >= 0.3 is 0 Å². The number of benzene rings is 1. The average molecular weight is 460 g/mol. The van der Waals surface area contributed by atoms with Crippen molar-refractivity contribution in [2.75, 3.05) is 5.32 Å². The van der Waals surface area contributed by atoms with E-state index in [2.05, 4.69) is 25.9 Å². The number of guanidine groups is 1. The van der Waals surface area contributed by atoms with Crippen molar-refractivity contribution < 1.29 is 4.79 Å². The summed E-state index contributed by atoms with van der Waals surface area (Å²) in [6, 6.07) is 9.43. The fourth-order valence-electron chi connectivity index (χ4n) is 1.95. The van der Waals surface area contributed by atoms with E-state index in [1.54, 1.807) is 42.6 Å². The second kappa shape index (κ2) is 9.80. The Balaban J connectivity index is 2.25. The van der Waals surface area contributed by atoms with Crippen LogP contribution in [-0.2, 0) is 0 Å². The highest BCUT2D eigenvalue weighted by Gasteiger charge is 2.32. The van der Waals surface area contributed by atoms with Crippen molar-refractivity contribution >= 4 is 64.0 Å². The van der Waals surface area contributed by atoms with Crippen molar-refractivity contribution in [2.24, 2.45) is 4.99 Å². The van der Waals surface area contributed by atoms with Crippen LogP contribution in [-0.4, -0.2) is 27.3 Å². The van der Waals surface area contributed by atoms with E-state index in [1.807, 2.05) is 0 Å². The number of hydrogen-bond acceptors (Lipinski definition) is 4. The monoisotopic (exact) mass is 458 g/mol. The number of nitriles is 1. The van der Waals surface area contributed by atoms with E-state index < -0.39 is 16.4 Å². The Morgan fingerprint density at radius 2 is 1.89 bits per heavy atom. The first-order chi connectivity index (χ1) is 13.2. The van der Waals surface area contributed by atoms with Crippen LogP contribution in [0.3, 0.4) is 0 Å². The normalized spacial score (nSPS) is 12.6. The van der Waals surface area contributed by atoms with Gasteiger partial charge < -0.3 is 10.6 Å². The van der Waals surface area contributed by atoms with Crippen molar-refractivity contribution in [1.82, 2.24) is 15.6 Å². The minimum Gasteiger partial charge on any atom is -0.328 e. The first-order valence-corrected chi connectivity index (χ1v) is 9.26. The molecule has 0 unspecified atom stereocenters. The summed E-state index contributed by atoms with van der Waals surface area (Å²) in [4.78, 5) is 20.6. The molecule has 2 rings (SSSR count). The third-order valence-electron chi connectivity index (χ3n) is 3.28. The Morgan fingerprint density at radius 3 is 2.43 bits per heavy atom. The van der Waals surface area contributed by atoms with Crippen LogP contribution in [0, 0.1) is 11.5 Å². The molecule has 0 saturated heterocycles. The second-order valence-corrected chi connectivity index (χ2v) is 8.14. The van der Waals surface area contributed by atoms with E-state index in [-0.39, 0.29) is 5.96 Å². The van der Waals surface area contributed by atoms with Gasteiger partial charge in [-0.25, -0.2) is 9.98 Å². The number of alkyl halides is 2. The summed E-state index contributed by atoms with van der Waals surface area (Å²) in [6.07, 6.45) is 2.09. The summed E-state index contributed by atoms with van der Waals surface area (Å²) in [5.41, 5.74) is 0.839. The number of amides is 1. The summed E-state index contributed by atoms with van der Waals surface area (Å²) in [5, 5.41) is 17.6. The van der Waals surface area contributed by atoms with Crippen molar-refractivity contribution in [3.05, 3.63) is 58.3 Å². The van der Waals surface area contributed by atoms with Gasteiger partial charge in [-0.2, -0.15) is 5.26 Å². The zero-order valence-electron chi connectivity index (χ0n) is 14.4. The number of hydrogen-bond donors (Lipinski definition) is 3.